The molecule has 0 bridgehead atoms. The second kappa shape index (κ2) is 6.11. The van der Waals surface area contributed by atoms with Crippen molar-refractivity contribution in [2.75, 3.05) is 21.3 Å². The molecular formula is C12H14N4O4. The van der Waals surface area contributed by atoms with E-state index in [0.29, 0.717) is 11.6 Å². The number of rotatable bonds is 5. The lowest BCUT2D eigenvalue weighted by molar-refractivity contribution is 0.201. The van der Waals surface area contributed by atoms with Gasteiger partial charge in [0.2, 0.25) is 17.6 Å². The summed E-state index contributed by atoms with van der Waals surface area (Å²) < 4.78 is 15.0. The van der Waals surface area contributed by atoms with E-state index in [-0.39, 0.29) is 17.5 Å². The highest BCUT2D eigenvalue weighted by molar-refractivity contribution is 5.30. The van der Waals surface area contributed by atoms with Gasteiger partial charge in [-0.1, -0.05) is 0 Å². The van der Waals surface area contributed by atoms with Crippen LogP contribution in [0.15, 0.2) is 18.6 Å². The fourth-order valence-electron chi connectivity index (χ4n) is 1.56. The van der Waals surface area contributed by atoms with Crippen molar-refractivity contribution in [1.29, 1.82) is 0 Å². The van der Waals surface area contributed by atoms with Crippen LogP contribution in [0.2, 0.25) is 0 Å². The Bertz CT molecular complexity index is 593. The molecule has 8 nitrogen and oxygen atoms in total. The molecule has 1 atom stereocenters. The van der Waals surface area contributed by atoms with Gasteiger partial charge in [-0.3, -0.25) is 0 Å². The van der Waals surface area contributed by atoms with Crippen LogP contribution >= 0.6 is 0 Å². The molecule has 0 spiro atoms. The highest BCUT2D eigenvalue weighted by atomic mass is 16.5. The highest BCUT2D eigenvalue weighted by Gasteiger charge is 2.21. The molecule has 2 aromatic heterocycles. The molecular weight excluding hydrogens is 264 g/mol. The van der Waals surface area contributed by atoms with Crippen LogP contribution in [-0.4, -0.2) is 46.4 Å². The topological polar surface area (TPSA) is 99.5 Å². The maximum absolute atomic E-state index is 10.3. The lowest BCUT2D eigenvalue weighted by Crippen LogP contribution is -2.09. The molecule has 0 aliphatic rings. The van der Waals surface area contributed by atoms with E-state index in [1.165, 1.54) is 39.9 Å². The minimum atomic E-state index is -1.11. The van der Waals surface area contributed by atoms with Crippen molar-refractivity contribution in [3.8, 4) is 17.6 Å². The third-order valence-electron chi connectivity index (χ3n) is 2.56. The van der Waals surface area contributed by atoms with Crippen LogP contribution in [0.5, 0.6) is 17.6 Å². The molecule has 2 heterocycles. The van der Waals surface area contributed by atoms with E-state index in [1.807, 2.05) is 0 Å². The first-order valence-electron chi connectivity index (χ1n) is 5.68. The van der Waals surface area contributed by atoms with Crippen molar-refractivity contribution in [1.82, 2.24) is 19.9 Å². The number of aromatic nitrogens is 4. The quantitative estimate of drug-likeness (QED) is 0.837. The molecule has 0 amide bonds. The fourth-order valence-corrected chi connectivity index (χ4v) is 1.56. The van der Waals surface area contributed by atoms with Crippen LogP contribution in [0.3, 0.4) is 0 Å². The Balaban J connectivity index is 2.39. The average molecular weight is 278 g/mol. The van der Waals surface area contributed by atoms with E-state index < -0.39 is 6.10 Å². The van der Waals surface area contributed by atoms with Crippen molar-refractivity contribution in [2.45, 2.75) is 6.10 Å². The van der Waals surface area contributed by atoms with Crippen molar-refractivity contribution in [2.24, 2.45) is 0 Å². The second-order valence-corrected chi connectivity index (χ2v) is 3.69. The Kier molecular flexibility index (Phi) is 4.26. The van der Waals surface area contributed by atoms with E-state index in [1.54, 1.807) is 0 Å². The van der Waals surface area contributed by atoms with Crippen molar-refractivity contribution >= 4 is 0 Å². The van der Waals surface area contributed by atoms with Gasteiger partial charge in [0.1, 0.15) is 18.1 Å². The van der Waals surface area contributed by atoms with E-state index in [4.69, 9.17) is 14.2 Å². The summed E-state index contributed by atoms with van der Waals surface area (Å²) in [6.45, 7) is 0. The van der Waals surface area contributed by atoms with E-state index in [0.717, 1.165) is 0 Å². The van der Waals surface area contributed by atoms with Crippen LogP contribution in [0, 0.1) is 0 Å². The lowest BCUT2D eigenvalue weighted by Gasteiger charge is -2.13. The SMILES string of the molecule is COc1cc(C(O)c2ncc(OC)nc2OC)ncn1. The van der Waals surface area contributed by atoms with Gasteiger partial charge in [-0.05, 0) is 0 Å². The van der Waals surface area contributed by atoms with Gasteiger partial charge in [0.25, 0.3) is 0 Å². The first kappa shape index (κ1) is 13.9. The van der Waals surface area contributed by atoms with E-state index in [9.17, 15) is 5.11 Å². The summed E-state index contributed by atoms with van der Waals surface area (Å²) in [6, 6.07) is 1.51. The van der Waals surface area contributed by atoms with Crippen LogP contribution in [0.1, 0.15) is 17.5 Å². The molecule has 20 heavy (non-hydrogen) atoms. The fraction of sp³-hybridized carbons (Fsp3) is 0.333. The zero-order valence-corrected chi connectivity index (χ0v) is 11.3. The molecule has 0 fully saturated rings. The minimum Gasteiger partial charge on any atom is -0.481 e. The third-order valence-corrected chi connectivity index (χ3v) is 2.56. The van der Waals surface area contributed by atoms with Gasteiger partial charge in [0.05, 0.1) is 33.2 Å². The summed E-state index contributed by atoms with van der Waals surface area (Å²) in [5, 5.41) is 10.3. The zero-order valence-electron chi connectivity index (χ0n) is 11.3. The molecule has 0 saturated heterocycles. The Morgan fingerprint density at radius 3 is 2.40 bits per heavy atom. The van der Waals surface area contributed by atoms with Gasteiger partial charge >= 0.3 is 0 Å². The monoisotopic (exact) mass is 278 g/mol. The molecule has 2 rings (SSSR count). The van der Waals surface area contributed by atoms with Gasteiger partial charge < -0.3 is 19.3 Å². The van der Waals surface area contributed by atoms with Gasteiger partial charge in [0, 0.05) is 6.07 Å². The highest BCUT2D eigenvalue weighted by Crippen LogP contribution is 2.27. The predicted octanol–water partition coefficient (Wildman–Crippen LogP) is 0.374. The Hall–Kier alpha value is -2.48. The Morgan fingerprint density at radius 2 is 1.75 bits per heavy atom. The van der Waals surface area contributed by atoms with Gasteiger partial charge in [-0.2, -0.15) is 4.98 Å². The predicted molar refractivity (Wildman–Crippen MR) is 67.8 cm³/mol. The number of hydrogen-bond acceptors (Lipinski definition) is 8. The first-order chi connectivity index (χ1) is 9.69. The molecule has 1 unspecified atom stereocenters. The molecule has 1 N–H and O–H groups in total. The molecule has 106 valence electrons. The molecule has 0 radical (unpaired) electrons. The molecule has 0 saturated carbocycles. The van der Waals surface area contributed by atoms with Gasteiger partial charge in [0.15, 0.2) is 0 Å². The summed E-state index contributed by atoms with van der Waals surface area (Å²) in [5.41, 5.74) is 0.559. The summed E-state index contributed by atoms with van der Waals surface area (Å²) in [7, 11) is 4.38. The standard InChI is InChI=1S/C12H14N4O4/c1-18-8-4-7(14-6-15-8)11(17)10-12(20-3)16-9(19-2)5-13-10/h4-6,11,17H,1-3H3. The van der Waals surface area contributed by atoms with E-state index >= 15 is 0 Å². The van der Waals surface area contributed by atoms with Crippen molar-refractivity contribution < 1.29 is 19.3 Å². The number of aliphatic hydroxyl groups is 1. The number of methoxy groups -OCH3 is 3. The van der Waals surface area contributed by atoms with Gasteiger partial charge in [-0.15, -0.1) is 0 Å². The van der Waals surface area contributed by atoms with Gasteiger partial charge in [-0.25, -0.2) is 15.0 Å². The smallest absolute Gasteiger partial charge is 0.241 e. The molecule has 8 heteroatoms. The summed E-state index contributed by atoms with van der Waals surface area (Å²) in [6.07, 6.45) is 1.57. The molecule has 0 aliphatic carbocycles. The van der Waals surface area contributed by atoms with Crippen LogP contribution in [0.4, 0.5) is 0 Å². The van der Waals surface area contributed by atoms with Crippen LogP contribution in [0.25, 0.3) is 0 Å². The first-order valence-corrected chi connectivity index (χ1v) is 5.68. The van der Waals surface area contributed by atoms with Crippen molar-refractivity contribution in [3.63, 3.8) is 0 Å². The van der Waals surface area contributed by atoms with Crippen LogP contribution < -0.4 is 14.2 Å². The largest absolute Gasteiger partial charge is 0.481 e. The summed E-state index contributed by atoms with van der Waals surface area (Å²) in [5.74, 6) is 0.794. The number of aliphatic hydroxyl groups excluding tert-OH is 1. The maximum atomic E-state index is 10.3. The normalized spacial score (nSPS) is 11.8. The Labute approximate surface area is 115 Å². The number of ether oxygens (including phenoxy) is 3. The summed E-state index contributed by atoms with van der Waals surface area (Å²) >= 11 is 0. The number of hydrogen-bond donors (Lipinski definition) is 1. The molecule has 0 aliphatic heterocycles. The Morgan fingerprint density at radius 1 is 1.00 bits per heavy atom. The molecule has 0 aromatic carbocycles. The van der Waals surface area contributed by atoms with Crippen LogP contribution in [-0.2, 0) is 0 Å². The summed E-state index contributed by atoms with van der Waals surface area (Å²) in [4.78, 5) is 16.0. The average Bonchev–Trinajstić information content (AvgIpc) is 2.53. The lowest BCUT2D eigenvalue weighted by atomic mass is 10.2. The minimum absolute atomic E-state index is 0.162. The second-order valence-electron chi connectivity index (χ2n) is 3.69. The van der Waals surface area contributed by atoms with Crippen molar-refractivity contribution in [3.05, 3.63) is 30.0 Å². The molecule has 2 aromatic rings. The maximum Gasteiger partial charge on any atom is 0.241 e. The van der Waals surface area contributed by atoms with E-state index in [2.05, 4.69) is 19.9 Å². The zero-order chi connectivity index (χ0) is 14.5. The third kappa shape index (κ3) is 2.75. The number of nitrogens with zero attached hydrogens (tertiary/aromatic N) is 4.